The molecule has 132 valence electrons. The van der Waals surface area contributed by atoms with Crippen molar-refractivity contribution < 1.29 is 9.18 Å². The zero-order valence-corrected chi connectivity index (χ0v) is 15.8. The monoisotopic (exact) mass is 377 g/mol. The molecule has 1 unspecified atom stereocenters. The maximum Gasteiger partial charge on any atom is 0.234 e. The van der Waals surface area contributed by atoms with Crippen LogP contribution in [0.25, 0.3) is 0 Å². The summed E-state index contributed by atoms with van der Waals surface area (Å²) in [6.07, 6.45) is 1.79. The Labute approximate surface area is 154 Å². The summed E-state index contributed by atoms with van der Waals surface area (Å²) in [5, 5.41) is 7.01. The molecule has 1 aromatic heterocycles. The number of para-hydroxylation sites is 1. The lowest BCUT2D eigenvalue weighted by molar-refractivity contribution is -0.113. The second-order valence-electron chi connectivity index (χ2n) is 5.60. The van der Waals surface area contributed by atoms with Crippen LogP contribution in [0.3, 0.4) is 0 Å². The normalized spacial score (nSPS) is 16.0. The number of hydrogen-bond donors (Lipinski definition) is 2. The molecule has 7 heteroatoms. The van der Waals surface area contributed by atoms with Crippen molar-refractivity contribution in [2.24, 2.45) is 4.99 Å². The summed E-state index contributed by atoms with van der Waals surface area (Å²) in [4.78, 5) is 18.2. The molecule has 1 aliphatic heterocycles. The van der Waals surface area contributed by atoms with E-state index >= 15 is 0 Å². The van der Waals surface area contributed by atoms with Gasteiger partial charge in [-0.1, -0.05) is 26.0 Å². The van der Waals surface area contributed by atoms with Crippen LogP contribution in [0, 0.1) is 5.82 Å². The highest BCUT2D eigenvalue weighted by atomic mass is 32.2. The first-order valence-electron chi connectivity index (χ1n) is 8.23. The van der Waals surface area contributed by atoms with Crippen molar-refractivity contribution in [2.45, 2.75) is 32.1 Å². The smallest absolute Gasteiger partial charge is 0.234 e. The number of carbonyl (C=O) groups excluding carboxylic acids is 1. The van der Waals surface area contributed by atoms with E-state index in [-0.39, 0.29) is 22.7 Å². The Bertz CT molecular complexity index is 803. The molecule has 1 amide bonds. The fraction of sp³-hybridized carbons (Fsp3) is 0.333. The molecule has 0 aliphatic carbocycles. The molecule has 0 spiro atoms. The van der Waals surface area contributed by atoms with Gasteiger partial charge in [0, 0.05) is 16.9 Å². The molecule has 0 radical (unpaired) electrons. The van der Waals surface area contributed by atoms with E-state index in [1.807, 2.05) is 0 Å². The second-order valence-corrected chi connectivity index (χ2v) is 7.80. The van der Waals surface area contributed by atoms with Crippen molar-refractivity contribution >= 4 is 45.5 Å². The van der Waals surface area contributed by atoms with Crippen LogP contribution < -0.4 is 10.6 Å². The summed E-state index contributed by atoms with van der Waals surface area (Å²) in [5.74, 6) is 0.496. The van der Waals surface area contributed by atoms with Gasteiger partial charge in [-0.05, 0) is 24.6 Å². The largest absolute Gasteiger partial charge is 0.335 e. The third-order valence-corrected chi connectivity index (χ3v) is 6.13. The van der Waals surface area contributed by atoms with E-state index in [0.29, 0.717) is 0 Å². The highest BCUT2D eigenvalue weighted by Gasteiger charge is 2.24. The topological polar surface area (TPSA) is 53.5 Å². The van der Waals surface area contributed by atoms with Crippen LogP contribution in [0.2, 0.25) is 0 Å². The van der Waals surface area contributed by atoms with Crippen LogP contribution in [-0.2, 0) is 11.2 Å². The zero-order valence-electron chi connectivity index (χ0n) is 14.1. The minimum absolute atomic E-state index is 0.103. The van der Waals surface area contributed by atoms with Crippen LogP contribution in [-0.4, -0.2) is 17.5 Å². The number of hydrogen-bond acceptors (Lipinski definition) is 5. The maximum absolute atomic E-state index is 13.6. The quantitative estimate of drug-likeness (QED) is 0.740. The van der Waals surface area contributed by atoms with Crippen LogP contribution >= 0.6 is 23.1 Å². The minimum Gasteiger partial charge on any atom is -0.335 e. The van der Waals surface area contributed by atoms with Crippen LogP contribution in [0.1, 0.15) is 36.1 Å². The van der Waals surface area contributed by atoms with E-state index in [4.69, 9.17) is 4.99 Å². The number of aliphatic imine (C=N–C) groups is 1. The van der Waals surface area contributed by atoms with Gasteiger partial charge in [0.15, 0.2) is 0 Å². The summed E-state index contributed by atoms with van der Waals surface area (Å²) in [5.41, 5.74) is 1.34. The first kappa shape index (κ1) is 17.9. The van der Waals surface area contributed by atoms with Crippen LogP contribution in [0.5, 0.6) is 0 Å². The number of thiophene rings is 1. The fourth-order valence-corrected chi connectivity index (χ4v) is 4.57. The Balaban J connectivity index is 1.68. The molecular weight excluding hydrogens is 357 g/mol. The van der Waals surface area contributed by atoms with E-state index in [0.717, 1.165) is 29.2 Å². The first-order valence-corrected chi connectivity index (χ1v) is 10.1. The molecule has 25 heavy (non-hydrogen) atoms. The fourth-order valence-electron chi connectivity index (χ4n) is 2.50. The van der Waals surface area contributed by atoms with Gasteiger partial charge in [-0.25, -0.2) is 4.39 Å². The molecule has 3 rings (SSSR count). The van der Waals surface area contributed by atoms with Gasteiger partial charge in [0.1, 0.15) is 22.0 Å². The number of nitrogens with one attached hydrogen (secondary N) is 2. The van der Waals surface area contributed by atoms with Crippen molar-refractivity contribution in [1.82, 2.24) is 0 Å². The number of carbonyl (C=O) groups is 1. The molecule has 0 saturated heterocycles. The standard InChI is InChI=1S/C18H20FN3OS2/c1-3-11-9-12-17(21-15(4-2)22-18(12)25-11)24-10-16(23)20-14-8-6-5-7-13(14)19/h5-9,17H,3-4,10H2,1-2H3,(H,20,23)(H,21,22). The summed E-state index contributed by atoms with van der Waals surface area (Å²) in [7, 11) is 0. The van der Waals surface area contributed by atoms with Gasteiger partial charge in [-0.2, -0.15) is 0 Å². The van der Waals surface area contributed by atoms with Crippen LogP contribution in [0.15, 0.2) is 35.3 Å². The van der Waals surface area contributed by atoms with Crippen molar-refractivity contribution in [2.75, 3.05) is 16.4 Å². The third kappa shape index (κ3) is 4.22. The Hall–Kier alpha value is -1.86. The van der Waals surface area contributed by atoms with E-state index in [1.165, 1.54) is 22.7 Å². The number of benzene rings is 1. The maximum atomic E-state index is 13.6. The summed E-state index contributed by atoms with van der Waals surface area (Å²) >= 11 is 3.20. The third-order valence-electron chi connectivity index (χ3n) is 3.81. The van der Waals surface area contributed by atoms with Gasteiger partial charge in [-0.3, -0.25) is 9.79 Å². The molecule has 1 aliphatic rings. The van der Waals surface area contributed by atoms with Gasteiger partial charge >= 0.3 is 0 Å². The molecule has 0 saturated carbocycles. The van der Waals surface area contributed by atoms with Gasteiger partial charge in [-0.15, -0.1) is 23.1 Å². The highest BCUT2D eigenvalue weighted by Crippen LogP contribution is 2.43. The summed E-state index contributed by atoms with van der Waals surface area (Å²) in [6, 6.07) is 8.34. The molecule has 4 nitrogen and oxygen atoms in total. The van der Waals surface area contributed by atoms with Crippen molar-refractivity contribution in [1.29, 1.82) is 0 Å². The number of thioether (sulfide) groups is 1. The lowest BCUT2D eigenvalue weighted by Crippen LogP contribution is -2.19. The van der Waals surface area contributed by atoms with Crippen LogP contribution in [0.4, 0.5) is 15.1 Å². The number of halogens is 1. The predicted octanol–water partition coefficient (Wildman–Crippen LogP) is 5.05. The molecule has 2 heterocycles. The van der Waals surface area contributed by atoms with E-state index in [2.05, 4.69) is 30.5 Å². The van der Waals surface area contributed by atoms with Gasteiger partial charge < -0.3 is 10.6 Å². The molecule has 0 fully saturated rings. The second kappa shape index (κ2) is 8.01. The number of anilines is 2. The summed E-state index contributed by atoms with van der Waals surface area (Å²) < 4.78 is 13.6. The number of nitrogens with zero attached hydrogens (tertiary/aromatic N) is 1. The van der Waals surface area contributed by atoms with Crippen molar-refractivity contribution in [3.05, 3.63) is 46.6 Å². The minimum atomic E-state index is -0.429. The van der Waals surface area contributed by atoms with Gasteiger partial charge in [0.25, 0.3) is 0 Å². The number of rotatable bonds is 6. The Morgan fingerprint density at radius 3 is 2.88 bits per heavy atom. The van der Waals surface area contributed by atoms with Gasteiger partial charge in [0.05, 0.1) is 11.4 Å². The Morgan fingerprint density at radius 1 is 1.36 bits per heavy atom. The number of amidine groups is 1. The molecule has 2 aromatic rings. The number of fused-ring (bicyclic) bond motifs is 1. The van der Waals surface area contributed by atoms with Crippen molar-refractivity contribution in [3.63, 3.8) is 0 Å². The van der Waals surface area contributed by atoms with E-state index < -0.39 is 5.82 Å². The van der Waals surface area contributed by atoms with Crippen molar-refractivity contribution in [3.8, 4) is 0 Å². The predicted molar refractivity (Wildman–Crippen MR) is 105 cm³/mol. The SMILES string of the molecule is CCC1=NC(SCC(=O)Nc2ccccc2F)c2cc(CC)sc2N1. The number of aryl methyl sites for hydroxylation is 1. The molecule has 2 N–H and O–H groups in total. The Morgan fingerprint density at radius 2 is 2.16 bits per heavy atom. The zero-order chi connectivity index (χ0) is 17.8. The summed E-state index contributed by atoms with van der Waals surface area (Å²) in [6.45, 7) is 4.18. The molecule has 0 bridgehead atoms. The van der Waals surface area contributed by atoms with E-state index in [9.17, 15) is 9.18 Å². The average molecular weight is 378 g/mol. The Kier molecular flexibility index (Phi) is 5.75. The molecule has 1 aromatic carbocycles. The molecule has 1 atom stereocenters. The van der Waals surface area contributed by atoms with E-state index in [1.54, 1.807) is 29.5 Å². The number of amides is 1. The highest BCUT2D eigenvalue weighted by molar-refractivity contribution is 8.00. The lowest BCUT2D eigenvalue weighted by Gasteiger charge is -2.21. The lowest BCUT2D eigenvalue weighted by atomic mass is 10.2. The first-order chi connectivity index (χ1) is 12.1. The average Bonchev–Trinajstić information content (AvgIpc) is 3.04. The van der Waals surface area contributed by atoms with Gasteiger partial charge in [0.2, 0.25) is 5.91 Å². The molecular formula is C18H20FN3OS2.